The number of anilines is 3. The standard InChI is InChI=1S/C58H41N/c1-57(2)50-27-13-8-24-45(50)49-35-33-39(36-54(49)57)59(56-31-17-12-20-41(56)38-18-4-3-5-19-38)40-32-34-48-43-22-7-6-21-42(43)44-23-9-14-28-51(44)58(55(48)37-40)52-29-15-10-25-46(52)47-26-11-16-30-53(47)58/h3-37H,1-2H3. The van der Waals surface area contributed by atoms with Crippen molar-refractivity contribution in [1.82, 2.24) is 0 Å². The Hall–Kier alpha value is -7.22. The number of para-hydroxylation sites is 1. The van der Waals surface area contributed by atoms with E-state index in [4.69, 9.17) is 0 Å². The molecule has 0 amide bonds. The maximum Gasteiger partial charge on any atom is 0.0726 e. The Balaban J connectivity index is 1.19. The molecule has 12 rings (SSSR count). The summed E-state index contributed by atoms with van der Waals surface area (Å²) in [4.78, 5) is 2.52. The predicted octanol–water partition coefficient (Wildman–Crippen LogP) is 15.1. The summed E-state index contributed by atoms with van der Waals surface area (Å²) in [6, 6.07) is 79.5. The summed E-state index contributed by atoms with van der Waals surface area (Å²) in [5, 5.41) is 0. The van der Waals surface area contributed by atoms with E-state index in [1.165, 1.54) is 89.0 Å². The summed E-state index contributed by atoms with van der Waals surface area (Å²) in [7, 11) is 0. The summed E-state index contributed by atoms with van der Waals surface area (Å²) < 4.78 is 0. The van der Waals surface area contributed by atoms with E-state index in [0.717, 1.165) is 17.1 Å². The van der Waals surface area contributed by atoms with Crippen LogP contribution in [0.15, 0.2) is 212 Å². The molecule has 3 aliphatic rings. The lowest BCUT2D eigenvalue weighted by molar-refractivity contribution is 0.660. The fraction of sp³-hybridized carbons (Fsp3) is 0.0690. The van der Waals surface area contributed by atoms with Gasteiger partial charge in [0.15, 0.2) is 0 Å². The van der Waals surface area contributed by atoms with Crippen molar-refractivity contribution in [2.45, 2.75) is 24.7 Å². The maximum absolute atomic E-state index is 2.53. The molecule has 3 aliphatic carbocycles. The van der Waals surface area contributed by atoms with Crippen molar-refractivity contribution in [3.63, 3.8) is 0 Å². The molecule has 0 radical (unpaired) electrons. The van der Waals surface area contributed by atoms with Gasteiger partial charge in [0.25, 0.3) is 0 Å². The van der Waals surface area contributed by atoms with E-state index in [1.54, 1.807) is 0 Å². The first-order valence-electron chi connectivity index (χ1n) is 20.8. The van der Waals surface area contributed by atoms with Crippen LogP contribution in [0, 0.1) is 0 Å². The van der Waals surface area contributed by atoms with Crippen LogP contribution in [-0.2, 0) is 10.8 Å². The topological polar surface area (TPSA) is 3.24 Å². The van der Waals surface area contributed by atoms with Gasteiger partial charge in [0.05, 0.1) is 11.1 Å². The molecule has 1 heteroatoms. The highest BCUT2D eigenvalue weighted by Crippen LogP contribution is 2.62. The molecule has 0 saturated carbocycles. The molecule has 0 aliphatic heterocycles. The van der Waals surface area contributed by atoms with Crippen molar-refractivity contribution in [3.8, 4) is 55.6 Å². The minimum atomic E-state index is -0.569. The largest absolute Gasteiger partial charge is 0.310 e. The summed E-state index contributed by atoms with van der Waals surface area (Å²) >= 11 is 0. The third-order valence-electron chi connectivity index (χ3n) is 13.5. The molecule has 0 bridgehead atoms. The van der Waals surface area contributed by atoms with E-state index >= 15 is 0 Å². The normalized spacial score (nSPS) is 14.2. The zero-order chi connectivity index (χ0) is 39.3. The number of hydrogen-bond donors (Lipinski definition) is 0. The lowest BCUT2D eigenvalue weighted by Crippen LogP contribution is -2.29. The van der Waals surface area contributed by atoms with E-state index in [0.29, 0.717) is 0 Å². The van der Waals surface area contributed by atoms with Gasteiger partial charge in [-0.3, -0.25) is 0 Å². The third kappa shape index (κ3) is 4.67. The number of rotatable bonds is 4. The lowest BCUT2D eigenvalue weighted by Gasteiger charge is -2.37. The minimum absolute atomic E-state index is 0.144. The van der Waals surface area contributed by atoms with Gasteiger partial charge in [0.1, 0.15) is 0 Å². The van der Waals surface area contributed by atoms with Crippen LogP contribution in [0.2, 0.25) is 0 Å². The Labute approximate surface area is 346 Å². The molecule has 0 heterocycles. The minimum Gasteiger partial charge on any atom is -0.310 e. The van der Waals surface area contributed by atoms with Gasteiger partial charge in [-0.1, -0.05) is 196 Å². The smallest absolute Gasteiger partial charge is 0.0726 e. The number of hydrogen-bond acceptors (Lipinski definition) is 1. The molecule has 0 unspecified atom stereocenters. The van der Waals surface area contributed by atoms with Crippen molar-refractivity contribution >= 4 is 17.1 Å². The Bertz CT molecular complexity index is 3100. The average molecular weight is 752 g/mol. The second kappa shape index (κ2) is 12.6. The second-order valence-corrected chi connectivity index (χ2v) is 16.8. The molecule has 0 N–H and O–H groups in total. The van der Waals surface area contributed by atoms with Crippen LogP contribution in [0.4, 0.5) is 17.1 Å². The molecule has 1 spiro atoms. The van der Waals surface area contributed by atoms with Crippen molar-refractivity contribution < 1.29 is 0 Å². The van der Waals surface area contributed by atoms with Crippen LogP contribution in [0.3, 0.4) is 0 Å². The van der Waals surface area contributed by atoms with E-state index in [9.17, 15) is 0 Å². The molecular formula is C58H41N. The summed E-state index contributed by atoms with van der Waals surface area (Å²) in [5.41, 5.74) is 23.4. The molecule has 278 valence electrons. The van der Waals surface area contributed by atoms with Gasteiger partial charge in [0.2, 0.25) is 0 Å². The highest BCUT2D eigenvalue weighted by molar-refractivity contribution is 5.99. The van der Waals surface area contributed by atoms with E-state index in [1.807, 2.05) is 0 Å². The fourth-order valence-corrected chi connectivity index (χ4v) is 11.0. The van der Waals surface area contributed by atoms with Crippen LogP contribution >= 0.6 is 0 Å². The zero-order valence-corrected chi connectivity index (χ0v) is 33.2. The molecule has 59 heavy (non-hydrogen) atoms. The number of benzene rings is 9. The highest BCUT2D eigenvalue weighted by Gasteiger charge is 2.50. The van der Waals surface area contributed by atoms with Crippen molar-refractivity contribution in [2.24, 2.45) is 0 Å². The highest BCUT2D eigenvalue weighted by atomic mass is 15.1. The zero-order valence-electron chi connectivity index (χ0n) is 33.2. The van der Waals surface area contributed by atoms with Gasteiger partial charge >= 0.3 is 0 Å². The van der Waals surface area contributed by atoms with Gasteiger partial charge in [-0.15, -0.1) is 0 Å². The van der Waals surface area contributed by atoms with Gasteiger partial charge in [-0.2, -0.15) is 0 Å². The Kier molecular flexibility index (Phi) is 7.26. The molecule has 0 saturated heterocycles. The van der Waals surface area contributed by atoms with Gasteiger partial charge < -0.3 is 4.90 Å². The van der Waals surface area contributed by atoms with E-state index in [-0.39, 0.29) is 5.41 Å². The molecule has 0 aromatic heterocycles. The fourth-order valence-electron chi connectivity index (χ4n) is 11.0. The van der Waals surface area contributed by atoms with Crippen LogP contribution in [-0.4, -0.2) is 0 Å². The van der Waals surface area contributed by atoms with Gasteiger partial charge in [0, 0.05) is 22.4 Å². The van der Waals surface area contributed by atoms with Crippen molar-refractivity contribution in [3.05, 3.63) is 246 Å². The Morgan fingerprint density at radius 3 is 1.22 bits per heavy atom. The Morgan fingerprint density at radius 1 is 0.288 bits per heavy atom. The molecular weight excluding hydrogens is 711 g/mol. The number of fused-ring (bicyclic) bond motifs is 15. The molecule has 1 nitrogen and oxygen atoms in total. The average Bonchev–Trinajstić information content (AvgIpc) is 3.68. The number of nitrogens with zero attached hydrogens (tertiary/aromatic N) is 1. The molecule has 0 fully saturated rings. The Morgan fingerprint density at radius 2 is 0.661 bits per heavy atom. The maximum atomic E-state index is 2.53. The van der Waals surface area contributed by atoms with Crippen LogP contribution in [0.1, 0.15) is 47.2 Å². The predicted molar refractivity (Wildman–Crippen MR) is 246 cm³/mol. The molecule has 9 aromatic carbocycles. The van der Waals surface area contributed by atoms with Gasteiger partial charge in [-0.05, 0) is 114 Å². The van der Waals surface area contributed by atoms with E-state index in [2.05, 4.69) is 231 Å². The monoisotopic (exact) mass is 751 g/mol. The molecule has 9 aromatic rings. The first-order chi connectivity index (χ1) is 29.0. The quantitative estimate of drug-likeness (QED) is 0.173. The molecule has 0 atom stereocenters. The summed E-state index contributed by atoms with van der Waals surface area (Å²) in [6.45, 7) is 4.75. The van der Waals surface area contributed by atoms with Gasteiger partial charge in [-0.25, -0.2) is 0 Å². The van der Waals surface area contributed by atoms with E-state index < -0.39 is 5.41 Å². The van der Waals surface area contributed by atoms with Crippen LogP contribution < -0.4 is 4.90 Å². The summed E-state index contributed by atoms with van der Waals surface area (Å²) in [6.07, 6.45) is 0. The SMILES string of the molecule is CC1(C)c2ccccc2-c2ccc(N(c3ccc4c(c3)C3(c5ccccc5-c5ccccc5-4)c4ccccc4-c4ccccc43)c3ccccc3-c3ccccc3)cc21. The van der Waals surface area contributed by atoms with Crippen LogP contribution in [0.25, 0.3) is 55.6 Å². The van der Waals surface area contributed by atoms with Crippen molar-refractivity contribution in [1.29, 1.82) is 0 Å². The summed E-state index contributed by atoms with van der Waals surface area (Å²) in [5.74, 6) is 0. The first kappa shape index (κ1) is 33.9. The second-order valence-electron chi connectivity index (χ2n) is 16.8. The van der Waals surface area contributed by atoms with Crippen molar-refractivity contribution in [2.75, 3.05) is 4.90 Å². The lowest BCUT2D eigenvalue weighted by atomic mass is 9.66. The first-order valence-corrected chi connectivity index (χ1v) is 20.8. The third-order valence-corrected chi connectivity index (χ3v) is 13.5. The van der Waals surface area contributed by atoms with Crippen LogP contribution in [0.5, 0.6) is 0 Å².